The Kier molecular flexibility index (Phi) is 3.88. The predicted octanol–water partition coefficient (Wildman–Crippen LogP) is 4.27. The maximum Gasteiger partial charge on any atom is 0.311 e. The lowest BCUT2D eigenvalue weighted by Crippen LogP contribution is -2.57. The first-order valence-corrected chi connectivity index (χ1v) is 17.9. The number of fused-ring (bicyclic) bond motifs is 3. The van der Waals surface area contributed by atoms with E-state index in [1.54, 1.807) is 0 Å². The van der Waals surface area contributed by atoms with Crippen LogP contribution >= 0.6 is 0 Å². The summed E-state index contributed by atoms with van der Waals surface area (Å²) < 4.78 is 13.4. The van der Waals surface area contributed by atoms with Gasteiger partial charge >= 0.3 is 8.56 Å². The van der Waals surface area contributed by atoms with Crippen molar-refractivity contribution in [3.8, 4) is 0 Å². The molecule has 0 unspecified atom stereocenters. The van der Waals surface area contributed by atoms with Gasteiger partial charge in [0.1, 0.15) is 0 Å². The van der Waals surface area contributed by atoms with Crippen molar-refractivity contribution in [3.63, 3.8) is 0 Å². The second-order valence-electron chi connectivity index (χ2n) is 8.79. The van der Waals surface area contributed by atoms with Crippen LogP contribution in [-0.2, 0) is 8.23 Å². The van der Waals surface area contributed by atoms with Crippen LogP contribution in [-0.4, -0.2) is 30.2 Å². The Bertz CT molecular complexity index is 1040. The maximum absolute atomic E-state index is 6.69. The molecule has 0 N–H and O–H groups in total. The summed E-state index contributed by atoms with van der Waals surface area (Å²) in [6, 6.07) is 13.1. The minimum absolute atomic E-state index is 1.06. The lowest BCUT2D eigenvalue weighted by Gasteiger charge is -2.33. The minimum atomic E-state index is -2.14. The summed E-state index contributed by atoms with van der Waals surface area (Å²) in [5.74, 6) is 0. The second kappa shape index (κ2) is 5.59. The smallest absolute Gasteiger partial charge is 0.311 e. The van der Waals surface area contributed by atoms with Gasteiger partial charge in [-0.15, -0.1) is 0 Å². The zero-order valence-corrected chi connectivity index (χ0v) is 19.7. The molecule has 0 fully saturated rings. The van der Waals surface area contributed by atoms with Crippen LogP contribution in [0.2, 0.25) is 39.3 Å². The highest BCUT2D eigenvalue weighted by molar-refractivity contribution is 7.03. The summed E-state index contributed by atoms with van der Waals surface area (Å²) in [6.07, 6.45) is 0. The fraction of sp³-hybridized carbons (Fsp3) is 0.350. The van der Waals surface area contributed by atoms with E-state index < -0.39 is 25.2 Å². The molecule has 136 valence electrons. The topological polar surface area (TPSA) is 31.4 Å². The molecule has 4 rings (SSSR count). The van der Waals surface area contributed by atoms with Crippen molar-refractivity contribution in [2.75, 3.05) is 0 Å². The molecule has 1 aliphatic rings. The molecule has 1 aromatic heterocycles. The van der Waals surface area contributed by atoms with Crippen LogP contribution in [0.1, 0.15) is 5.56 Å². The van der Waals surface area contributed by atoms with E-state index >= 15 is 0 Å². The highest BCUT2D eigenvalue weighted by Crippen LogP contribution is 2.29. The van der Waals surface area contributed by atoms with Gasteiger partial charge in [0.2, 0.25) is 16.6 Å². The van der Waals surface area contributed by atoms with Gasteiger partial charge in [0.25, 0.3) is 0 Å². The van der Waals surface area contributed by atoms with Crippen LogP contribution in [0, 0.1) is 6.92 Å². The standard InChI is InChI=1S/C20H27NO2Si3/c1-14-15-10-8-9-11-17(15)21-18-13-20-19(12-16(14)18)24(2,3)22-26(6,7)23-25(20,4)5/h8-13H,1-7H3. The van der Waals surface area contributed by atoms with E-state index in [4.69, 9.17) is 13.2 Å². The molecular formula is C20H27NO2Si3. The number of hydrogen-bond donors (Lipinski definition) is 0. The number of rotatable bonds is 0. The Hall–Kier alpha value is -1.32. The number of hydrogen-bond acceptors (Lipinski definition) is 3. The van der Waals surface area contributed by atoms with Crippen LogP contribution < -0.4 is 10.4 Å². The number of pyridine rings is 1. The van der Waals surface area contributed by atoms with Gasteiger partial charge in [-0.05, 0) is 74.3 Å². The molecule has 0 spiro atoms. The molecule has 2 aromatic carbocycles. The molecule has 0 radical (unpaired) electrons. The Morgan fingerprint density at radius 2 is 1.31 bits per heavy atom. The van der Waals surface area contributed by atoms with E-state index in [0.29, 0.717) is 0 Å². The van der Waals surface area contributed by atoms with E-state index in [9.17, 15) is 0 Å². The monoisotopic (exact) mass is 397 g/mol. The lowest BCUT2D eigenvalue weighted by molar-refractivity contribution is 0.405. The molecule has 0 aliphatic carbocycles. The third-order valence-electron chi connectivity index (χ3n) is 5.39. The maximum atomic E-state index is 6.69. The molecule has 3 aromatic rings. The van der Waals surface area contributed by atoms with Crippen molar-refractivity contribution in [2.24, 2.45) is 0 Å². The Morgan fingerprint density at radius 3 is 1.96 bits per heavy atom. The summed E-state index contributed by atoms with van der Waals surface area (Å²) in [6.45, 7) is 15.8. The highest BCUT2D eigenvalue weighted by Gasteiger charge is 2.47. The average Bonchev–Trinajstić information content (AvgIpc) is 2.56. The molecular weight excluding hydrogens is 370 g/mol. The van der Waals surface area contributed by atoms with Crippen molar-refractivity contribution in [3.05, 3.63) is 42.0 Å². The molecule has 0 amide bonds. The van der Waals surface area contributed by atoms with Crippen LogP contribution in [0.25, 0.3) is 21.8 Å². The molecule has 3 nitrogen and oxygen atoms in total. The molecule has 1 aliphatic heterocycles. The zero-order valence-electron chi connectivity index (χ0n) is 16.7. The zero-order chi connectivity index (χ0) is 18.9. The first-order valence-electron chi connectivity index (χ1n) is 9.25. The van der Waals surface area contributed by atoms with Crippen molar-refractivity contribution in [1.29, 1.82) is 0 Å². The summed E-state index contributed by atoms with van der Waals surface area (Å²) in [5, 5.41) is 5.26. The van der Waals surface area contributed by atoms with Gasteiger partial charge in [-0.3, -0.25) is 0 Å². The van der Waals surface area contributed by atoms with Crippen molar-refractivity contribution < 1.29 is 8.23 Å². The number of aryl methyl sites for hydroxylation is 1. The summed E-state index contributed by atoms with van der Waals surface area (Å²) in [7, 11) is -6.25. The van der Waals surface area contributed by atoms with Gasteiger partial charge in [0, 0.05) is 10.8 Å². The fourth-order valence-corrected chi connectivity index (χ4v) is 20.0. The Labute approximate surface area is 158 Å². The van der Waals surface area contributed by atoms with E-state index in [2.05, 4.69) is 82.6 Å². The first kappa shape index (κ1) is 18.1. The Balaban J connectivity index is 2.11. The SMILES string of the molecule is Cc1c2ccccc2nc2cc3c(cc12)[Si](C)(C)O[Si](C)(C)O[Si]3(C)C. The van der Waals surface area contributed by atoms with E-state index in [-0.39, 0.29) is 0 Å². The average molecular weight is 398 g/mol. The first-order chi connectivity index (χ1) is 12.0. The van der Waals surface area contributed by atoms with Crippen LogP contribution in [0.15, 0.2) is 36.4 Å². The molecule has 2 heterocycles. The number of aromatic nitrogens is 1. The Morgan fingerprint density at radius 1 is 0.731 bits per heavy atom. The van der Waals surface area contributed by atoms with Crippen LogP contribution in [0.5, 0.6) is 0 Å². The van der Waals surface area contributed by atoms with Gasteiger partial charge in [-0.1, -0.05) is 24.3 Å². The largest absolute Gasteiger partial charge is 0.433 e. The van der Waals surface area contributed by atoms with Crippen LogP contribution in [0.3, 0.4) is 0 Å². The quantitative estimate of drug-likeness (QED) is 0.419. The minimum Gasteiger partial charge on any atom is -0.433 e. The number of nitrogens with zero attached hydrogens (tertiary/aromatic N) is 1. The number of benzene rings is 2. The summed E-state index contributed by atoms with van der Waals surface area (Å²) >= 11 is 0. The second-order valence-corrected chi connectivity index (χ2v) is 20.3. The lowest BCUT2D eigenvalue weighted by atomic mass is 10.0. The third-order valence-corrected chi connectivity index (χ3v) is 17.1. The molecule has 0 saturated carbocycles. The van der Waals surface area contributed by atoms with Gasteiger partial charge in [0.05, 0.1) is 11.0 Å². The fourth-order valence-electron chi connectivity index (χ4n) is 4.50. The van der Waals surface area contributed by atoms with Gasteiger partial charge in [0.15, 0.2) is 0 Å². The predicted molar refractivity (Wildman–Crippen MR) is 118 cm³/mol. The van der Waals surface area contributed by atoms with Crippen molar-refractivity contribution in [1.82, 2.24) is 4.98 Å². The molecule has 0 saturated heterocycles. The van der Waals surface area contributed by atoms with Crippen molar-refractivity contribution in [2.45, 2.75) is 46.2 Å². The summed E-state index contributed by atoms with van der Waals surface area (Å²) in [5.41, 5.74) is 3.45. The third kappa shape index (κ3) is 2.80. The molecule has 6 heteroatoms. The van der Waals surface area contributed by atoms with E-state index in [1.807, 2.05) is 0 Å². The van der Waals surface area contributed by atoms with Crippen LogP contribution in [0.4, 0.5) is 0 Å². The van der Waals surface area contributed by atoms with Crippen molar-refractivity contribution >= 4 is 57.4 Å². The summed E-state index contributed by atoms with van der Waals surface area (Å²) in [4.78, 5) is 4.98. The highest BCUT2D eigenvalue weighted by atomic mass is 28.5. The number of para-hydroxylation sites is 1. The van der Waals surface area contributed by atoms with Gasteiger partial charge in [-0.2, -0.15) is 0 Å². The normalized spacial score (nSPS) is 20.7. The van der Waals surface area contributed by atoms with E-state index in [0.717, 1.165) is 11.0 Å². The van der Waals surface area contributed by atoms with E-state index in [1.165, 1.54) is 26.7 Å². The molecule has 0 bridgehead atoms. The van der Waals surface area contributed by atoms with Gasteiger partial charge in [-0.25, -0.2) is 4.98 Å². The van der Waals surface area contributed by atoms with Gasteiger partial charge < -0.3 is 8.23 Å². The molecule has 26 heavy (non-hydrogen) atoms. The molecule has 0 atom stereocenters.